The van der Waals surface area contributed by atoms with E-state index < -0.39 is 0 Å². The Labute approximate surface area is 118 Å². The number of rotatable bonds is 3. The zero-order valence-corrected chi connectivity index (χ0v) is 12.9. The molecule has 0 radical (unpaired) electrons. The molecule has 2 rings (SSSR count). The molecular formula is C15H21BrN2. The van der Waals surface area contributed by atoms with Gasteiger partial charge in [0.1, 0.15) is 0 Å². The highest BCUT2D eigenvalue weighted by molar-refractivity contribution is 9.10. The molecule has 0 spiro atoms. The highest BCUT2D eigenvalue weighted by Gasteiger charge is 2.13. The maximum atomic E-state index is 3.68. The van der Waals surface area contributed by atoms with Gasteiger partial charge in [0.05, 0.1) is 0 Å². The van der Waals surface area contributed by atoms with Crippen LogP contribution < -0.4 is 10.2 Å². The van der Waals surface area contributed by atoms with E-state index in [0.29, 0.717) is 6.04 Å². The Bertz CT molecular complexity index is 454. The molecule has 98 valence electrons. The lowest BCUT2D eigenvalue weighted by Gasteiger charge is -2.28. The normalized spacial score (nSPS) is 17.6. The van der Waals surface area contributed by atoms with Crippen LogP contribution in [0.4, 0.5) is 5.69 Å². The Morgan fingerprint density at radius 3 is 2.72 bits per heavy atom. The Morgan fingerprint density at radius 2 is 2.17 bits per heavy atom. The summed E-state index contributed by atoms with van der Waals surface area (Å²) in [6.07, 6.45) is 3.49. The van der Waals surface area contributed by atoms with E-state index in [9.17, 15) is 0 Å². The van der Waals surface area contributed by atoms with Crippen LogP contribution in [0.1, 0.15) is 31.9 Å². The maximum Gasteiger partial charge on any atom is 0.0380 e. The molecule has 1 aliphatic rings. The minimum Gasteiger partial charge on any atom is -0.367 e. The molecule has 1 aromatic carbocycles. The van der Waals surface area contributed by atoms with Gasteiger partial charge in [0.25, 0.3) is 0 Å². The fourth-order valence-corrected chi connectivity index (χ4v) is 2.93. The van der Waals surface area contributed by atoms with E-state index >= 15 is 0 Å². The van der Waals surface area contributed by atoms with Crippen molar-refractivity contribution in [2.45, 2.75) is 26.3 Å². The summed E-state index contributed by atoms with van der Waals surface area (Å²) < 4.78 is 1.19. The van der Waals surface area contributed by atoms with E-state index in [-0.39, 0.29) is 0 Å². The Morgan fingerprint density at radius 1 is 1.39 bits per heavy atom. The van der Waals surface area contributed by atoms with Crippen molar-refractivity contribution in [2.75, 3.05) is 25.0 Å². The summed E-state index contributed by atoms with van der Waals surface area (Å²) in [6, 6.07) is 7.04. The first-order chi connectivity index (χ1) is 8.61. The van der Waals surface area contributed by atoms with Crippen LogP contribution in [0.3, 0.4) is 0 Å². The molecule has 0 aliphatic carbocycles. The predicted octanol–water partition coefficient (Wildman–Crippen LogP) is 3.89. The van der Waals surface area contributed by atoms with E-state index in [4.69, 9.17) is 0 Å². The number of halogens is 1. The third kappa shape index (κ3) is 2.96. The first kappa shape index (κ1) is 13.6. The number of hydrogen-bond acceptors (Lipinski definition) is 2. The second-order valence-electron chi connectivity index (χ2n) is 4.96. The highest BCUT2D eigenvalue weighted by atomic mass is 79.9. The van der Waals surface area contributed by atoms with Crippen molar-refractivity contribution in [2.24, 2.45) is 0 Å². The van der Waals surface area contributed by atoms with E-state index in [1.165, 1.54) is 27.7 Å². The minimum absolute atomic E-state index is 0.372. The molecule has 1 aromatic rings. The summed E-state index contributed by atoms with van der Waals surface area (Å²) >= 11 is 3.68. The molecular weight excluding hydrogens is 288 g/mol. The Kier molecular flexibility index (Phi) is 4.46. The van der Waals surface area contributed by atoms with Gasteiger partial charge in [-0.05, 0) is 45.0 Å². The van der Waals surface area contributed by atoms with E-state index in [1.54, 1.807) is 0 Å². The lowest BCUT2D eigenvalue weighted by molar-refractivity contribution is 0.649. The zero-order valence-electron chi connectivity index (χ0n) is 11.3. The molecule has 1 aliphatic heterocycles. The number of anilines is 1. The molecule has 1 heterocycles. The molecule has 1 atom stereocenters. The van der Waals surface area contributed by atoms with Gasteiger partial charge in [-0.25, -0.2) is 0 Å². The number of nitrogens with zero attached hydrogens (tertiary/aromatic N) is 1. The maximum absolute atomic E-state index is 3.68. The van der Waals surface area contributed by atoms with Crippen LogP contribution in [0.5, 0.6) is 0 Å². The number of benzene rings is 1. The van der Waals surface area contributed by atoms with Crippen molar-refractivity contribution in [3.05, 3.63) is 39.9 Å². The average Bonchev–Trinajstić information content (AvgIpc) is 2.38. The fourth-order valence-electron chi connectivity index (χ4n) is 2.22. The molecule has 1 unspecified atom stereocenters. The molecule has 18 heavy (non-hydrogen) atoms. The third-order valence-electron chi connectivity index (χ3n) is 3.68. The van der Waals surface area contributed by atoms with Crippen LogP contribution in [0.2, 0.25) is 0 Å². The van der Waals surface area contributed by atoms with Crippen molar-refractivity contribution in [1.29, 1.82) is 0 Å². The fraction of sp³-hybridized carbons (Fsp3) is 0.467. The third-order valence-corrected chi connectivity index (χ3v) is 4.37. The number of nitrogens with one attached hydrogen (secondary N) is 1. The van der Waals surface area contributed by atoms with Crippen molar-refractivity contribution in [3.8, 4) is 0 Å². The second-order valence-corrected chi connectivity index (χ2v) is 5.82. The Hall–Kier alpha value is -0.800. The molecule has 2 nitrogen and oxygen atoms in total. The van der Waals surface area contributed by atoms with Gasteiger partial charge in [0.2, 0.25) is 0 Å². The van der Waals surface area contributed by atoms with Crippen LogP contribution in [-0.4, -0.2) is 20.1 Å². The van der Waals surface area contributed by atoms with Gasteiger partial charge in [-0.3, -0.25) is 0 Å². The molecule has 0 bridgehead atoms. The first-order valence-corrected chi connectivity index (χ1v) is 7.28. The largest absolute Gasteiger partial charge is 0.367 e. The topological polar surface area (TPSA) is 15.3 Å². The van der Waals surface area contributed by atoms with E-state index in [1.807, 2.05) is 7.05 Å². The quantitative estimate of drug-likeness (QED) is 0.852. The van der Waals surface area contributed by atoms with Crippen LogP contribution in [0.15, 0.2) is 34.3 Å². The van der Waals surface area contributed by atoms with Crippen LogP contribution >= 0.6 is 15.9 Å². The van der Waals surface area contributed by atoms with Crippen molar-refractivity contribution >= 4 is 21.6 Å². The second kappa shape index (κ2) is 5.89. The summed E-state index contributed by atoms with van der Waals surface area (Å²) in [5.74, 6) is 0. The standard InChI is InChI=1S/C15H21BrN2/c1-11-6-8-18(9-7-11)13-4-5-14(12(2)17-3)15(16)10-13/h4-6,10,12,17H,7-9H2,1-3H3. The van der Waals surface area contributed by atoms with Gasteiger partial charge in [-0.2, -0.15) is 0 Å². The molecule has 0 saturated carbocycles. The van der Waals surface area contributed by atoms with Gasteiger partial charge >= 0.3 is 0 Å². The highest BCUT2D eigenvalue weighted by Crippen LogP contribution is 2.29. The minimum atomic E-state index is 0.372. The molecule has 0 aromatic heterocycles. The van der Waals surface area contributed by atoms with E-state index in [2.05, 4.69) is 64.3 Å². The lowest BCUT2D eigenvalue weighted by Crippen LogP contribution is -2.28. The van der Waals surface area contributed by atoms with Gasteiger partial charge in [0.15, 0.2) is 0 Å². The van der Waals surface area contributed by atoms with Crippen LogP contribution in [0.25, 0.3) is 0 Å². The summed E-state index contributed by atoms with van der Waals surface area (Å²) in [4.78, 5) is 2.42. The van der Waals surface area contributed by atoms with Gasteiger partial charge in [0, 0.05) is 29.3 Å². The molecule has 0 saturated heterocycles. The van der Waals surface area contributed by atoms with Gasteiger partial charge < -0.3 is 10.2 Å². The number of hydrogen-bond donors (Lipinski definition) is 1. The Balaban J connectivity index is 2.19. The first-order valence-electron chi connectivity index (χ1n) is 6.49. The van der Waals surface area contributed by atoms with Crippen LogP contribution in [-0.2, 0) is 0 Å². The van der Waals surface area contributed by atoms with Gasteiger partial charge in [-0.1, -0.05) is 33.6 Å². The zero-order chi connectivity index (χ0) is 13.1. The summed E-state index contributed by atoms with van der Waals surface area (Å²) in [5.41, 5.74) is 4.12. The lowest BCUT2D eigenvalue weighted by atomic mass is 10.1. The monoisotopic (exact) mass is 308 g/mol. The molecule has 1 N–H and O–H groups in total. The van der Waals surface area contributed by atoms with Crippen molar-refractivity contribution in [3.63, 3.8) is 0 Å². The van der Waals surface area contributed by atoms with Crippen molar-refractivity contribution < 1.29 is 0 Å². The summed E-state index contributed by atoms with van der Waals surface area (Å²) in [7, 11) is 1.99. The molecule has 3 heteroatoms. The summed E-state index contributed by atoms with van der Waals surface area (Å²) in [6.45, 7) is 6.53. The average molecular weight is 309 g/mol. The summed E-state index contributed by atoms with van der Waals surface area (Å²) in [5, 5.41) is 3.27. The van der Waals surface area contributed by atoms with E-state index in [0.717, 1.165) is 13.1 Å². The van der Waals surface area contributed by atoms with Crippen LogP contribution in [0, 0.1) is 0 Å². The molecule has 0 fully saturated rings. The molecule has 0 amide bonds. The van der Waals surface area contributed by atoms with Crippen molar-refractivity contribution in [1.82, 2.24) is 5.32 Å². The smallest absolute Gasteiger partial charge is 0.0380 e. The van der Waals surface area contributed by atoms with Gasteiger partial charge in [-0.15, -0.1) is 0 Å². The predicted molar refractivity (Wildman–Crippen MR) is 82.2 cm³/mol. The SMILES string of the molecule is CNC(C)c1ccc(N2CC=C(C)CC2)cc1Br.